The number of rotatable bonds is 2. The maximum Gasteiger partial charge on any atom is 0.307 e. The van der Waals surface area contributed by atoms with Gasteiger partial charge in [-0.05, 0) is 30.0 Å². The van der Waals surface area contributed by atoms with Gasteiger partial charge in [0.2, 0.25) is 0 Å². The first kappa shape index (κ1) is 9.65. The predicted molar refractivity (Wildman–Crippen MR) is 57.8 cm³/mol. The average Bonchev–Trinajstić information content (AvgIpc) is 2.17. The van der Waals surface area contributed by atoms with Crippen LogP contribution in [-0.4, -0.2) is 16.1 Å². The van der Waals surface area contributed by atoms with Crippen LogP contribution in [-0.2, 0) is 11.2 Å². The number of carboxylic acids is 1. The van der Waals surface area contributed by atoms with Crippen molar-refractivity contribution in [3.63, 3.8) is 0 Å². The molecule has 0 aliphatic carbocycles. The minimum absolute atomic E-state index is 0.0593. The van der Waals surface area contributed by atoms with E-state index in [4.69, 9.17) is 5.11 Å². The van der Waals surface area contributed by atoms with Gasteiger partial charge in [-0.1, -0.05) is 12.1 Å². The van der Waals surface area contributed by atoms with Crippen LogP contribution >= 0.6 is 0 Å². The van der Waals surface area contributed by atoms with Gasteiger partial charge in [-0.25, -0.2) is 0 Å². The summed E-state index contributed by atoms with van der Waals surface area (Å²) in [5, 5.41) is 10.7. The summed E-state index contributed by atoms with van der Waals surface area (Å²) in [6.07, 6.45) is 1.83. The molecule has 2 rings (SSSR count). The van der Waals surface area contributed by atoms with Crippen molar-refractivity contribution in [1.82, 2.24) is 4.98 Å². The maximum atomic E-state index is 10.5. The van der Waals surface area contributed by atoms with Crippen LogP contribution < -0.4 is 0 Å². The predicted octanol–water partition coefficient (Wildman–Crippen LogP) is 2.17. The van der Waals surface area contributed by atoms with Gasteiger partial charge >= 0.3 is 5.97 Å². The third-order valence-corrected chi connectivity index (χ3v) is 2.28. The molecule has 1 heterocycles. The van der Waals surface area contributed by atoms with Crippen molar-refractivity contribution in [1.29, 1.82) is 0 Å². The number of hydrogen-bond donors (Lipinski definition) is 1. The van der Waals surface area contributed by atoms with Gasteiger partial charge in [0.1, 0.15) is 0 Å². The molecule has 1 aromatic carbocycles. The molecule has 2 aromatic rings. The van der Waals surface area contributed by atoms with Crippen LogP contribution in [0.1, 0.15) is 11.3 Å². The molecule has 3 nitrogen and oxygen atoms in total. The third-order valence-electron chi connectivity index (χ3n) is 2.28. The molecule has 1 aromatic heterocycles. The molecule has 0 fully saturated rings. The number of nitrogens with zero attached hydrogens (tertiary/aromatic N) is 1. The van der Waals surface area contributed by atoms with Crippen LogP contribution in [0.4, 0.5) is 0 Å². The lowest BCUT2D eigenvalue weighted by molar-refractivity contribution is -0.136. The van der Waals surface area contributed by atoms with Crippen molar-refractivity contribution in [3.05, 3.63) is 41.7 Å². The SMILES string of the molecule is Cc1cc2ccc(CC(=O)O)cc2cn1. The number of carbonyl (C=O) groups is 1. The highest BCUT2D eigenvalue weighted by Gasteiger charge is 2.01. The second-order valence-electron chi connectivity index (χ2n) is 3.58. The summed E-state index contributed by atoms with van der Waals surface area (Å²) in [5.74, 6) is -0.811. The summed E-state index contributed by atoms with van der Waals surface area (Å²) in [4.78, 5) is 14.7. The fourth-order valence-corrected chi connectivity index (χ4v) is 1.59. The Balaban J connectivity index is 2.47. The Morgan fingerprint density at radius 1 is 1.33 bits per heavy atom. The Morgan fingerprint density at radius 2 is 2.13 bits per heavy atom. The van der Waals surface area contributed by atoms with Crippen LogP contribution in [0.2, 0.25) is 0 Å². The van der Waals surface area contributed by atoms with Crippen molar-refractivity contribution in [2.45, 2.75) is 13.3 Å². The lowest BCUT2D eigenvalue weighted by atomic mass is 10.1. The van der Waals surface area contributed by atoms with Crippen molar-refractivity contribution < 1.29 is 9.90 Å². The zero-order valence-electron chi connectivity index (χ0n) is 8.40. The van der Waals surface area contributed by atoms with Crippen LogP contribution in [0.25, 0.3) is 10.8 Å². The van der Waals surface area contributed by atoms with Gasteiger partial charge in [-0.3, -0.25) is 9.78 Å². The second kappa shape index (κ2) is 3.69. The number of fused-ring (bicyclic) bond motifs is 1. The van der Waals surface area contributed by atoms with Gasteiger partial charge in [-0.2, -0.15) is 0 Å². The standard InChI is InChI=1S/C12H11NO2/c1-8-4-10-3-2-9(6-12(14)15)5-11(10)7-13-8/h2-5,7H,6H2,1H3,(H,14,15). The van der Waals surface area contributed by atoms with E-state index in [0.29, 0.717) is 0 Å². The summed E-state index contributed by atoms with van der Waals surface area (Å²) in [7, 11) is 0. The highest BCUT2D eigenvalue weighted by molar-refractivity contribution is 5.83. The van der Waals surface area contributed by atoms with E-state index in [9.17, 15) is 4.79 Å². The van der Waals surface area contributed by atoms with E-state index < -0.39 is 5.97 Å². The number of carboxylic acid groups (broad SMARTS) is 1. The van der Waals surface area contributed by atoms with E-state index in [2.05, 4.69) is 4.98 Å². The number of aromatic nitrogens is 1. The minimum Gasteiger partial charge on any atom is -0.481 e. The molecule has 0 atom stereocenters. The van der Waals surface area contributed by atoms with Crippen molar-refractivity contribution >= 4 is 16.7 Å². The molecule has 0 unspecified atom stereocenters. The highest BCUT2D eigenvalue weighted by atomic mass is 16.4. The summed E-state index contributed by atoms with van der Waals surface area (Å²) >= 11 is 0. The smallest absolute Gasteiger partial charge is 0.307 e. The zero-order chi connectivity index (χ0) is 10.8. The molecule has 0 saturated carbocycles. The lowest BCUT2D eigenvalue weighted by Crippen LogP contribution is -1.99. The normalized spacial score (nSPS) is 10.5. The molecule has 0 saturated heterocycles. The molecule has 0 bridgehead atoms. The topological polar surface area (TPSA) is 50.2 Å². The molecular weight excluding hydrogens is 190 g/mol. The Morgan fingerprint density at radius 3 is 2.87 bits per heavy atom. The summed E-state index contributed by atoms with van der Waals surface area (Å²) < 4.78 is 0. The van der Waals surface area contributed by atoms with E-state index in [1.807, 2.05) is 31.2 Å². The molecule has 0 aliphatic rings. The van der Waals surface area contributed by atoms with Crippen LogP contribution in [0.15, 0.2) is 30.5 Å². The molecule has 0 aliphatic heterocycles. The van der Waals surface area contributed by atoms with Gasteiger partial charge in [0.15, 0.2) is 0 Å². The summed E-state index contributed by atoms with van der Waals surface area (Å²) in [6, 6.07) is 7.63. The summed E-state index contributed by atoms with van der Waals surface area (Å²) in [6.45, 7) is 1.94. The number of aliphatic carboxylic acids is 1. The van der Waals surface area contributed by atoms with Crippen molar-refractivity contribution in [2.24, 2.45) is 0 Å². The number of benzene rings is 1. The first-order valence-electron chi connectivity index (χ1n) is 4.72. The van der Waals surface area contributed by atoms with E-state index in [0.717, 1.165) is 22.0 Å². The maximum absolute atomic E-state index is 10.5. The molecule has 15 heavy (non-hydrogen) atoms. The van der Waals surface area contributed by atoms with Crippen LogP contribution in [0.5, 0.6) is 0 Å². The lowest BCUT2D eigenvalue weighted by Gasteiger charge is -2.01. The molecule has 0 spiro atoms. The monoisotopic (exact) mass is 201 g/mol. The average molecular weight is 201 g/mol. The Labute approximate surface area is 87.4 Å². The first-order chi connectivity index (χ1) is 7.15. The highest BCUT2D eigenvalue weighted by Crippen LogP contribution is 2.16. The Kier molecular flexibility index (Phi) is 2.37. The molecule has 3 heteroatoms. The van der Waals surface area contributed by atoms with Crippen molar-refractivity contribution in [2.75, 3.05) is 0 Å². The van der Waals surface area contributed by atoms with E-state index in [-0.39, 0.29) is 6.42 Å². The second-order valence-corrected chi connectivity index (χ2v) is 3.58. The molecule has 0 amide bonds. The van der Waals surface area contributed by atoms with Gasteiger partial charge < -0.3 is 5.11 Å². The number of aryl methyl sites for hydroxylation is 1. The molecule has 1 N–H and O–H groups in total. The molecular formula is C12H11NO2. The summed E-state index contributed by atoms with van der Waals surface area (Å²) in [5.41, 5.74) is 1.77. The van der Waals surface area contributed by atoms with Crippen LogP contribution in [0.3, 0.4) is 0 Å². The number of hydrogen-bond acceptors (Lipinski definition) is 2. The van der Waals surface area contributed by atoms with Gasteiger partial charge in [0.05, 0.1) is 6.42 Å². The van der Waals surface area contributed by atoms with Gasteiger partial charge in [-0.15, -0.1) is 0 Å². The zero-order valence-corrected chi connectivity index (χ0v) is 8.40. The first-order valence-corrected chi connectivity index (χ1v) is 4.72. The Bertz CT molecular complexity index is 520. The van der Waals surface area contributed by atoms with Gasteiger partial charge in [0, 0.05) is 17.3 Å². The fourth-order valence-electron chi connectivity index (χ4n) is 1.59. The van der Waals surface area contributed by atoms with Crippen molar-refractivity contribution in [3.8, 4) is 0 Å². The molecule has 0 radical (unpaired) electrons. The third kappa shape index (κ3) is 2.13. The number of pyridine rings is 1. The van der Waals surface area contributed by atoms with Crippen LogP contribution in [0, 0.1) is 6.92 Å². The quantitative estimate of drug-likeness (QED) is 0.810. The molecule has 76 valence electrons. The Hall–Kier alpha value is -1.90. The van der Waals surface area contributed by atoms with E-state index in [1.165, 1.54) is 0 Å². The minimum atomic E-state index is -0.811. The van der Waals surface area contributed by atoms with Gasteiger partial charge in [0.25, 0.3) is 0 Å². The fraction of sp³-hybridized carbons (Fsp3) is 0.167. The van der Waals surface area contributed by atoms with E-state index in [1.54, 1.807) is 6.20 Å². The van der Waals surface area contributed by atoms with E-state index >= 15 is 0 Å². The largest absolute Gasteiger partial charge is 0.481 e.